The minimum Gasteiger partial charge on any atom is -0.493 e. The molecule has 0 unspecified atom stereocenters. The van der Waals surface area contributed by atoms with E-state index in [1.807, 2.05) is 35.0 Å². The zero-order valence-electron chi connectivity index (χ0n) is 14.5. The van der Waals surface area contributed by atoms with Crippen LogP contribution in [-0.4, -0.2) is 51.0 Å². The predicted octanol–water partition coefficient (Wildman–Crippen LogP) is 2.90. The Labute approximate surface area is 147 Å². The summed E-state index contributed by atoms with van der Waals surface area (Å²) in [6, 6.07) is 5.86. The summed E-state index contributed by atoms with van der Waals surface area (Å²) in [6.45, 7) is 3.18. The SMILES string of the molecule is CN1CCC(CCOc2ccn3c(-c4ccncn4)cnc3c2)CC1. The molecule has 3 aromatic heterocycles. The van der Waals surface area contributed by atoms with Gasteiger partial charge in [-0.2, -0.15) is 0 Å². The summed E-state index contributed by atoms with van der Waals surface area (Å²) in [6.07, 6.45) is 10.8. The highest BCUT2D eigenvalue weighted by atomic mass is 16.5. The quantitative estimate of drug-likeness (QED) is 0.716. The van der Waals surface area contributed by atoms with Gasteiger partial charge in [0.15, 0.2) is 0 Å². The highest BCUT2D eigenvalue weighted by Crippen LogP contribution is 2.23. The third kappa shape index (κ3) is 3.64. The van der Waals surface area contributed by atoms with Crippen molar-refractivity contribution in [2.75, 3.05) is 26.7 Å². The molecule has 0 radical (unpaired) electrons. The number of hydrogen-bond acceptors (Lipinski definition) is 5. The van der Waals surface area contributed by atoms with Crippen LogP contribution >= 0.6 is 0 Å². The lowest BCUT2D eigenvalue weighted by molar-refractivity contribution is 0.187. The van der Waals surface area contributed by atoms with Crippen LogP contribution in [0.3, 0.4) is 0 Å². The summed E-state index contributed by atoms with van der Waals surface area (Å²) in [5.74, 6) is 1.66. The first-order valence-corrected chi connectivity index (χ1v) is 8.84. The van der Waals surface area contributed by atoms with E-state index in [4.69, 9.17) is 4.74 Å². The molecule has 4 rings (SSSR count). The molecule has 0 spiro atoms. The van der Waals surface area contributed by atoms with Gasteiger partial charge < -0.3 is 9.64 Å². The largest absolute Gasteiger partial charge is 0.493 e. The molecule has 25 heavy (non-hydrogen) atoms. The fraction of sp³-hybridized carbons (Fsp3) is 0.421. The van der Waals surface area contributed by atoms with Crippen molar-refractivity contribution in [1.82, 2.24) is 24.3 Å². The molecular formula is C19H23N5O. The van der Waals surface area contributed by atoms with Gasteiger partial charge in [-0.15, -0.1) is 0 Å². The number of hydrogen-bond donors (Lipinski definition) is 0. The minimum atomic E-state index is 0.768. The lowest BCUT2D eigenvalue weighted by Crippen LogP contribution is -2.30. The Hall–Kier alpha value is -2.47. The number of fused-ring (bicyclic) bond motifs is 1. The van der Waals surface area contributed by atoms with Crippen molar-refractivity contribution >= 4 is 5.65 Å². The van der Waals surface area contributed by atoms with E-state index in [1.54, 1.807) is 12.5 Å². The van der Waals surface area contributed by atoms with E-state index in [1.165, 1.54) is 25.9 Å². The number of pyridine rings is 1. The third-order valence-electron chi connectivity index (χ3n) is 4.96. The average molecular weight is 337 g/mol. The van der Waals surface area contributed by atoms with Crippen LogP contribution in [0.25, 0.3) is 17.0 Å². The highest BCUT2D eigenvalue weighted by Gasteiger charge is 2.16. The first-order chi connectivity index (χ1) is 12.3. The van der Waals surface area contributed by atoms with E-state index in [0.717, 1.165) is 41.7 Å². The van der Waals surface area contributed by atoms with E-state index in [-0.39, 0.29) is 0 Å². The van der Waals surface area contributed by atoms with Crippen LogP contribution in [0.5, 0.6) is 5.75 Å². The molecule has 0 amide bonds. The molecule has 3 aromatic rings. The Kier molecular flexibility index (Phi) is 4.61. The molecule has 130 valence electrons. The monoisotopic (exact) mass is 337 g/mol. The molecule has 0 bridgehead atoms. The van der Waals surface area contributed by atoms with Crippen LogP contribution in [-0.2, 0) is 0 Å². The minimum absolute atomic E-state index is 0.768. The second kappa shape index (κ2) is 7.19. The Morgan fingerprint density at radius 3 is 2.88 bits per heavy atom. The zero-order chi connectivity index (χ0) is 17.1. The summed E-state index contributed by atoms with van der Waals surface area (Å²) in [7, 11) is 2.20. The molecule has 0 saturated carbocycles. The smallest absolute Gasteiger partial charge is 0.140 e. The van der Waals surface area contributed by atoms with Gasteiger partial charge in [-0.25, -0.2) is 15.0 Å². The standard InChI is InChI=1S/C19H23N5O/c1-23-8-3-15(4-9-23)6-11-25-16-5-10-24-18(13-21-19(24)12-16)17-2-7-20-14-22-17/h2,5,7,10,12-15H,3-4,6,8-9,11H2,1H3. The van der Waals surface area contributed by atoms with Gasteiger partial charge in [0, 0.05) is 18.5 Å². The van der Waals surface area contributed by atoms with Crippen LogP contribution in [0, 0.1) is 5.92 Å². The fourth-order valence-electron chi connectivity index (χ4n) is 3.38. The maximum Gasteiger partial charge on any atom is 0.140 e. The van der Waals surface area contributed by atoms with E-state index in [0.29, 0.717) is 0 Å². The maximum atomic E-state index is 5.97. The molecule has 0 aliphatic carbocycles. The summed E-state index contributed by atoms with van der Waals surface area (Å²) in [5, 5.41) is 0. The Morgan fingerprint density at radius 1 is 1.20 bits per heavy atom. The maximum absolute atomic E-state index is 5.97. The lowest BCUT2D eigenvalue weighted by atomic mass is 9.94. The molecule has 1 aliphatic heterocycles. The number of aromatic nitrogens is 4. The number of ether oxygens (including phenoxy) is 1. The van der Waals surface area contributed by atoms with Crippen molar-refractivity contribution in [3.05, 3.63) is 43.1 Å². The third-order valence-corrected chi connectivity index (χ3v) is 4.96. The van der Waals surface area contributed by atoms with Crippen LogP contribution in [0.4, 0.5) is 0 Å². The normalized spacial score (nSPS) is 16.4. The summed E-state index contributed by atoms with van der Waals surface area (Å²) in [4.78, 5) is 15.1. The van der Waals surface area contributed by atoms with Crippen molar-refractivity contribution in [2.45, 2.75) is 19.3 Å². The van der Waals surface area contributed by atoms with Gasteiger partial charge in [-0.1, -0.05) is 0 Å². The van der Waals surface area contributed by atoms with Gasteiger partial charge in [0.2, 0.25) is 0 Å². The zero-order valence-corrected chi connectivity index (χ0v) is 14.5. The van der Waals surface area contributed by atoms with Crippen molar-refractivity contribution < 1.29 is 4.74 Å². The second-order valence-corrected chi connectivity index (χ2v) is 6.71. The van der Waals surface area contributed by atoms with Gasteiger partial charge in [-0.3, -0.25) is 4.40 Å². The molecular weight excluding hydrogens is 314 g/mol. The van der Waals surface area contributed by atoms with Crippen LogP contribution in [0.2, 0.25) is 0 Å². The number of imidazole rings is 1. The number of likely N-dealkylation sites (tertiary alicyclic amines) is 1. The van der Waals surface area contributed by atoms with Crippen LogP contribution in [0.1, 0.15) is 19.3 Å². The van der Waals surface area contributed by atoms with Gasteiger partial charge in [0.1, 0.15) is 17.7 Å². The van der Waals surface area contributed by atoms with Crippen molar-refractivity contribution in [1.29, 1.82) is 0 Å². The van der Waals surface area contributed by atoms with Gasteiger partial charge >= 0.3 is 0 Å². The Bertz CT molecular complexity index is 824. The van der Waals surface area contributed by atoms with E-state index >= 15 is 0 Å². The fourth-order valence-corrected chi connectivity index (χ4v) is 3.38. The topological polar surface area (TPSA) is 55.6 Å². The highest BCUT2D eigenvalue weighted by molar-refractivity contribution is 5.60. The number of rotatable bonds is 5. The first-order valence-electron chi connectivity index (χ1n) is 8.84. The molecule has 1 aliphatic rings. The molecule has 6 nitrogen and oxygen atoms in total. The first kappa shape index (κ1) is 16.0. The second-order valence-electron chi connectivity index (χ2n) is 6.71. The Balaban J connectivity index is 1.40. The van der Waals surface area contributed by atoms with Gasteiger partial charge in [0.05, 0.1) is 24.2 Å². The molecule has 0 atom stereocenters. The van der Waals surface area contributed by atoms with Crippen molar-refractivity contribution in [3.63, 3.8) is 0 Å². The van der Waals surface area contributed by atoms with Gasteiger partial charge in [0.25, 0.3) is 0 Å². The molecule has 4 heterocycles. The van der Waals surface area contributed by atoms with Crippen molar-refractivity contribution in [2.24, 2.45) is 5.92 Å². The number of nitrogens with zero attached hydrogens (tertiary/aromatic N) is 5. The summed E-state index contributed by atoms with van der Waals surface area (Å²) < 4.78 is 7.99. The van der Waals surface area contributed by atoms with E-state index < -0.39 is 0 Å². The molecule has 0 aromatic carbocycles. The molecule has 1 fully saturated rings. The Morgan fingerprint density at radius 2 is 2.08 bits per heavy atom. The lowest BCUT2D eigenvalue weighted by Gasteiger charge is -2.28. The summed E-state index contributed by atoms with van der Waals surface area (Å²) in [5.41, 5.74) is 2.68. The number of piperidine rings is 1. The van der Waals surface area contributed by atoms with E-state index in [9.17, 15) is 0 Å². The van der Waals surface area contributed by atoms with Crippen LogP contribution < -0.4 is 4.74 Å². The molecule has 6 heteroatoms. The molecule has 0 N–H and O–H groups in total. The van der Waals surface area contributed by atoms with Gasteiger partial charge in [-0.05, 0) is 57.5 Å². The van der Waals surface area contributed by atoms with Crippen molar-refractivity contribution in [3.8, 4) is 17.1 Å². The van der Waals surface area contributed by atoms with E-state index in [2.05, 4.69) is 26.9 Å². The van der Waals surface area contributed by atoms with Crippen LogP contribution in [0.15, 0.2) is 43.1 Å². The predicted molar refractivity (Wildman–Crippen MR) is 96.6 cm³/mol. The molecule has 1 saturated heterocycles. The average Bonchev–Trinajstić information content (AvgIpc) is 3.07. The summed E-state index contributed by atoms with van der Waals surface area (Å²) >= 11 is 0.